The van der Waals surface area contributed by atoms with Gasteiger partial charge in [-0.3, -0.25) is 4.79 Å². The van der Waals surface area contributed by atoms with Gasteiger partial charge >= 0.3 is 0 Å². The number of carbonyl (C=O) groups is 1. The van der Waals surface area contributed by atoms with Crippen LogP contribution >= 0.6 is 0 Å². The Morgan fingerprint density at radius 2 is 2.05 bits per heavy atom. The van der Waals surface area contributed by atoms with Crippen molar-refractivity contribution in [1.82, 2.24) is 14.9 Å². The molecule has 5 heteroatoms. The molecule has 1 heterocycles. The van der Waals surface area contributed by atoms with Gasteiger partial charge in [-0.1, -0.05) is 26.7 Å². The number of aromatic nitrogens is 2. The molecule has 0 spiro atoms. The van der Waals surface area contributed by atoms with Crippen LogP contribution in [0.2, 0.25) is 0 Å². The van der Waals surface area contributed by atoms with Crippen LogP contribution in [0.3, 0.4) is 0 Å². The molecule has 0 atom stereocenters. The largest absolute Gasteiger partial charge is 0.356 e. The number of imidazole rings is 1. The Kier molecular flexibility index (Phi) is 7.30. The first-order valence-electron chi connectivity index (χ1n) is 7.62. The van der Waals surface area contributed by atoms with Crippen LogP contribution in [0, 0.1) is 5.41 Å². The molecule has 5 nitrogen and oxygen atoms in total. The Balaban J connectivity index is 2.41. The third-order valence-electron chi connectivity index (χ3n) is 3.77. The fraction of sp³-hybridized carbons (Fsp3) is 0.733. The number of nitrogens with two attached hydrogens (primary N) is 1. The minimum atomic E-state index is -0.376. The summed E-state index contributed by atoms with van der Waals surface area (Å²) in [6, 6.07) is 0. The van der Waals surface area contributed by atoms with Crippen LogP contribution in [0.4, 0.5) is 0 Å². The molecule has 0 unspecified atom stereocenters. The van der Waals surface area contributed by atoms with E-state index >= 15 is 0 Å². The van der Waals surface area contributed by atoms with Crippen molar-refractivity contribution in [2.24, 2.45) is 11.1 Å². The maximum absolute atomic E-state index is 12.4. The van der Waals surface area contributed by atoms with Crippen molar-refractivity contribution in [3.8, 4) is 0 Å². The van der Waals surface area contributed by atoms with Crippen molar-refractivity contribution in [3.05, 3.63) is 18.7 Å². The molecule has 1 amide bonds. The predicted octanol–water partition coefficient (Wildman–Crippen LogP) is 1.93. The molecule has 0 radical (unpaired) electrons. The topological polar surface area (TPSA) is 72.9 Å². The number of rotatable bonds is 10. The summed E-state index contributed by atoms with van der Waals surface area (Å²) in [6.07, 6.45) is 10.1. The van der Waals surface area contributed by atoms with Crippen molar-refractivity contribution in [1.29, 1.82) is 0 Å². The fourth-order valence-electron chi connectivity index (χ4n) is 2.68. The van der Waals surface area contributed by atoms with Gasteiger partial charge in [-0.25, -0.2) is 4.98 Å². The number of amides is 1. The second kappa shape index (κ2) is 8.74. The molecule has 0 fully saturated rings. The Bertz CT molecular complexity index is 369. The molecular formula is C15H28N4O. The molecule has 0 saturated heterocycles. The van der Waals surface area contributed by atoms with Gasteiger partial charge in [0.1, 0.15) is 0 Å². The second-order valence-corrected chi connectivity index (χ2v) is 5.39. The molecular weight excluding hydrogens is 252 g/mol. The summed E-state index contributed by atoms with van der Waals surface area (Å²) in [7, 11) is 0. The van der Waals surface area contributed by atoms with E-state index in [2.05, 4.69) is 24.1 Å². The van der Waals surface area contributed by atoms with Crippen LogP contribution in [-0.2, 0) is 11.3 Å². The van der Waals surface area contributed by atoms with Gasteiger partial charge in [0.25, 0.3) is 0 Å². The first-order valence-corrected chi connectivity index (χ1v) is 7.62. The molecule has 0 saturated carbocycles. The van der Waals surface area contributed by atoms with E-state index in [0.717, 1.165) is 38.6 Å². The number of nitrogens with one attached hydrogen (secondary N) is 1. The summed E-state index contributed by atoms with van der Waals surface area (Å²) in [5.41, 5.74) is 5.51. The maximum atomic E-state index is 12.4. The standard InChI is InChI=1S/C15H28N4O/c1-3-6-15(12-16,7-4-2)14(20)18-8-5-10-19-11-9-17-13-19/h9,11,13H,3-8,10,12,16H2,1-2H3,(H,18,20). The van der Waals surface area contributed by atoms with E-state index in [1.165, 1.54) is 0 Å². The van der Waals surface area contributed by atoms with Gasteiger partial charge in [0, 0.05) is 32.0 Å². The van der Waals surface area contributed by atoms with Crippen LogP contribution in [0.5, 0.6) is 0 Å². The number of carbonyl (C=O) groups excluding carboxylic acids is 1. The first-order chi connectivity index (χ1) is 9.68. The van der Waals surface area contributed by atoms with Crippen molar-refractivity contribution >= 4 is 5.91 Å². The van der Waals surface area contributed by atoms with Gasteiger partial charge in [-0.05, 0) is 19.3 Å². The van der Waals surface area contributed by atoms with Crippen LogP contribution in [0.1, 0.15) is 46.0 Å². The number of nitrogens with zero attached hydrogens (tertiary/aromatic N) is 2. The van der Waals surface area contributed by atoms with Crippen LogP contribution in [0.15, 0.2) is 18.7 Å². The van der Waals surface area contributed by atoms with E-state index < -0.39 is 0 Å². The van der Waals surface area contributed by atoms with Crippen molar-refractivity contribution < 1.29 is 4.79 Å². The lowest BCUT2D eigenvalue weighted by Crippen LogP contribution is -2.46. The van der Waals surface area contributed by atoms with Gasteiger partial charge in [0.2, 0.25) is 5.91 Å². The van der Waals surface area contributed by atoms with Crippen molar-refractivity contribution in [3.63, 3.8) is 0 Å². The van der Waals surface area contributed by atoms with Gasteiger partial charge in [-0.15, -0.1) is 0 Å². The zero-order valence-corrected chi connectivity index (χ0v) is 12.8. The van der Waals surface area contributed by atoms with Crippen molar-refractivity contribution in [2.45, 2.75) is 52.5 Å². The third-order valence-corrected chi connectivity index (χ3v) is 3.77. The lowest BCUT2D eigenvalue weighted by molar-refractivity contribution is -0.131. The summed E-state index contributed by atoms with van der Waals surface area (Å²) < 4.78 is 2.01. The van der Waals surface area contributed by atoms with Gasteiger partial charge < -0.3 is 15.6 Å². The highest BCUT2D eigenvalue weighted by Gasteiger charge is 2.34. The quantitative estimate of drug-likeness (QED) is 0.643. The van der Waals surface area contributed by atoms with Gasteiger partial charge in [-0.2, -0.15) is 0 Å². The molecule has 0 aliphatic rings. The van der Waals surface area contributed by atoms with E-state index in [9.17, 15) is 4.79 Å². The van der Waals surface area contributed by atoms with Gasteiger partial charge in [0.05, 0.1) is 11.7 Å². The van der Waals surface area contributed by atoms with Gasteiger partial charge in [0.15, 0.2) is 0 Å². The second-order valence-electron chi connectivity index (χ2n) is 5.39. The number of aryl methyl sites for hydroxylation is 1. The average Bonchev–Trinajstić information content (AvgIpc) is 2.96. The normalized spacial score (nSPS) is 11.6. The number of hydrogen-bond acceptors (Lipinski definition) is 3. The molecule has 1 aromatic heterocycles. The Labute approximate surface area is 122 Å². The zero-order valence-electron chi connectivity index (χ0n) is 12.8. The molecule has 0 bridgehead atoms. The lowest BCUT2D eigenvalue weighted by atomic mass is 9.78. The molecule has 0 aliphatic heterocycles. The molecule has 0 aliphatic carbocycles. The predicted molar refractivity (Wildman–Crippen MR) is 81.2 cm³/mol. The smallest absolute Gasteiger partial charge is 0.227 e. The van der Waals surface area contributed by atoms with Crippen molar-refractivity contribution in [2.75, 3.05) is 13.1 Å². The minimum Gasteiger partial charge on any atom is -0.356 e. The summed E-state index contributed by atoms with van der Waals surface area (Å²) in [6.45, 7) is 6.20. The van der Waals surface area contributed by atoms with E-state index in [1.807, 2.05) is 10.8 Å². The molecule has 3 N–H and O–H groups in total. The van der Waals surface area contributed by atoms with Crippen LogP contribution in [0.25, 0.3) is 0 Å². The van der Waals surface area contributed by atoms with E-state index in [1.54, 1.807) is 12.5 Å². The maximum Gasteiger partial charge on any atom is 0.227 e. The minimum absolute atomic E-state index is 0.120. The summed E-state index contributed by atoms with van der Waals surface area (Å²) >= 11 is 0. The molecule has 1 aromatic rings. The Morgan fingerprint density at radius 1 is 1.35 bits per heavy atom. The molecule has 20 heavy (non-hydrogen) atoms. The summed E-state index contributed by atoms with van der Waals surface area (Å²) in [4.78, 5) is 16.4. The summed E-state index contributed by atoms with van der Waals surface area (Å²) in [5, 5.41) is 3.05. The highest BCUT2D eigenvalue weighted by Crippen LogP contribution is 2.28. The highest BCUT2D eigenvalue weighted by atomic mass is 16.2. The van der Waals surface area contributed by atoms with E-state index in [0.29, 0.717) is 13.1 Å². The lowest BCUT2D eigenvalue weighted by Gasteiger charge is -2.30. The average molecular weight is 280 g/mol. The van der Waals surface area contributed by atoms with E-state index in [-0.39, 0.29) is 11.3 Å². The Hall–Kier alpha value is -1.36. The monoisotopic (exact) mass is 280 g/mol. The molecule has 114 valence electrons. The Morgan fingerprint density at radius 3 is 2.55 bits per heavy atom. The van der Waals surface area contributed by atoms with Crippen LogP contribution in [-0.4, -0.2) is 28.5 Å². The third kappa shape index (κ3) is 4.63. The van der Waals surface area contributed by atoms with Crippen LogP contribution < -0.4 is 11.1 Å². The first kappa shape index (κ1) is 16.7. The zero-order chi connectivity index (χ0) is 14.8. The van der Waals surface area contributed by atoms with E-state index in [4.69, 9.17) is 5.73 Å². The number of hydrogen-bond donors (Lipinski definition) is 2. The molecule has 0 aromatic carbocycles. The molecule has 1 rings (SSSR count). The SMILES string of the molecule is CCCC(CN)(CCC)C(=O)NCCCn1ccnc1. The summed E-state index contributed by atoms with van der Waals surface area (Å²) in [5.74, 6) is 0.120. The fourth-order valence-corrected chi connectivity index (χ4v) is 2.68. The highest BCUT2D eigenvalue weighted by molar-refractivity contribution is 5.82.